The van der Waals surface area contributed by atoms with E-state index in [0.29, 0.717) is 6.42 Å². The number of hydrogen-bond donors (Lipinski definition) is 0. The second kappa shape index (κ2) is 7.98. The zero-order valence-electron chi connectivity index (χ0n) is 9.06. The van der Waals surface area contributed by atoms with Crippen molar-refractivity contribution in [1.29, 1.82) is 0 Å². The molecule has 0 saturated carbocycles. The summed E-state index contributed by atoms with van der Waals surface area (Å²) < 4.78 is 0. The van der Waals surface area contributed by atoms with E-state index in [4.69, 9.17) is 0 Å². The quantitative estimate of drug-likeness (QED) is 0.375. The Morgan fingerprint density at radius 2 is 1.67 bits per heavy atom. The maximum Gasteiger partial charge on any atom is 0.120 e. The number of aldehydes is 1. The molecule has 0 aromatic heterocycles. The van der Waals surface area contributed by atoms with Gasteiger partial charge in [0.2, 0.25) is 0 Å². The smallest absolute Gasteiger partial charge is 0.120 e. The molecule has 80 valence electrons. The Labute approximate surface area is 91.8 Å². The van der Waals surface area contributed by atoms with Crippen molar-refractivity contribution in [2.45, 2.75) is 32.1 Å². The Kier molecular flexibility index (Phi) is 6.23. The van der Waals surface area contributed by atoms with Gasteiger partial charge < -0.3 is 4.79 Å². The summed E-state index contributed by atoms with van der Waals surface area (Å²) in [6, 6.07) is 10.5. The molecule has 0 spiro atoms. The summed E-state index contributed by atoms with van der Waals surface area (Å²) in [5, 5.41) is 0. The Morgan fingerprint density at radius 1 is 0.933 bits per heavy atom. The molecule has 0 radical (unpaired) electrons. The molecule has 15 heavy (non-hydrogen) atoms. The minimum atomic E-state index is 0.684. The van der Waals surface area contributed by atoms with Crippen molar-refractivity contribution in [3.05, 3.63) is 48.0 Å². The van der Waals surface area contributed by atoms with Crippen LogP contribution in [-0.2, 0) is 11.2 Å². The molecule has 0 aliphatic heterocycles. The van der Waals surface area contributed by atoms with E-state index in [0.717, 1.165) is 32.0 Å². The van der Waals surface area contributed by atoms with Gasteiger partial charge in [0.15, 0.2) is 0 Å². The second-order valence-corrected chi connectivity index (χ2v) is 3.59. The Balaban J connectivity index is 2.08. The third-order valence-corrected chi connectivity index (χ3v) is 2.30. The van der Waals surface area contributed by atoms with Gasteiger partial charge >= 0.3 is 0 Å². The SMILES string of the molecule is O=CCCC/C=C/CCc1ccccc1. The first-order chi connectivity index (χ1) is 7.43. The van der Waals surface area contributed by atoms with Gasteiger partial charge in [-0.2, -0.15) is 0 Å². The minimum absolute atomic E-state index is 0.684. The number of unbranched alkanes of at least 4 members (excludes halogenated alkanes) is 2. The van der Waals surface area contributed by atoms with Crippen molar-refractivity contribution in [3.63, 3.8) is 0 Å². The highest BCUT2D eigenvalue weighted by Gasteiger charge is 1.88. The molecular formula is C14H18O. The monoisotopic (exact) mass is 202 g/mol. The van der Waals surface area contributed by atoms with Gasteiger partial charge in [0.05, 0.1) is 0 Å². The molecule has 0 fully saturated rings. The molecule has 0 atom stereocenters. The number of benzene rings is 1. The fourth-order valence-corrected chi connectivity index (χ4v) is 1.45. The van der Waals surface area contributed by atoms with Gasteiger partial charge in [0, 0.05) is 6.42 Å². The molecule has 0 bridgehead atoms. The lowest BCUT2D eigenvalue weighted by atomic mass is 10.1. The molecule has 1 rings (SSSR count). The van der Waals surface area contributed by atoms with E-state index >= 15 is 0 Å². The maximum atomic E-state index is 10.1. The molecule has 1 heteroatoms. The van der Waals surface area contributed by atoms with Gasteiger partial charge in [-0.3, -0.25) is 0 Å². The highest BCUT2D eigenvalue weighted by atomic mass is 16.1. The van der Waals surface area contributed by atoms with E-state index < -0.39 is 0 Å². The lowest BCUT2D eigenvalue weighted by Crippen LogP contribution is -1.81. The van der Waals surface area contributed by atoms with Gasteiger partial charge in [-0.15, -0.1) is 0 Å². The van der Waals surface area contributed by atoms with Crippen molar-refractivity contribution in [2.24, 2.45) is 0 Å². The average Bonchev–Trinajstić information content (AvgIpc) is 2.29. The Hall–Kier alpha value is -1.37. The van der Waals surface area contributed by atoms with E-state index in [1.807, 2.05) is 6.07 Å². The summed E-state index contributed by atoms with van der Waals surface area (Å²) in [5.74, 6) is 0. The zero-order chi connectivity index (χ0) is 10.8. The van der Waals surface area contributed by atoms with Crippen LogP contribution in [0.15, 0.2) is 42.5 Å². The Morgan fingerprint density at radius 3 is 2.40 bits per heavy atom. The largest absolute Gasteiger partial charge is 0.303 e. The van der Waals surface area contributed by atoms with Crippen LogP contribution >= 0.6 is 0 Å². The van der Waals surface area contributed by atoms with Crippen LogP contribution in [0.3, 0.4) is 0 Å². The molecule has 1 aromatic carbocycles. The number of hydrogen-bond acceptors (Lipinski definition) is 1. The first kappa shape index (κ1) is 11.7. The molecule has 0 aliphatic carbocycles. The molecule has 0 unspecified atom stereocenters. The molecular weight excluding hydrogens is 184 g/mol. The van der Waals surface area contributed by atoms with Crippen molar-refractivity contribution in [3.8, 4) is 0 Å². The summed E-state index contributed by atoms with van der Waals surface area (Å²) in [5.41, 5.74) is 1.38. The predicted molar refractivity (Wildman–Crippen MR) is 63.8 cm³/mol. The number of carbonyl (C=O) groups is 1. The fourth-order valence-electron chi connectivity index (χ4n) is 1.45. The standard InChI is InChI=1S/C14H18O/c15-13-9-4-2-1-3-6-10-14-11-7-5-8-12-14/h1,3,5,7-8,11-13H,2,4,6,9-10H2/b3-1+. The average molecular weight is 202 g/mol. The van der Waals surface area contributed by atoms with Crippen LogP contribution in [0.2, 0.25) is 0 Å². The van der Waals surface area contributed by atoms with E-state index in [9.17, 15) is 4.79 Å². The maximum absolute atomic E-state index is 10.1. The number of aryl methyl sites for hydroxylation is 1. The van der Waals surface area contributed by atoms with Crippen LogP contribution in [0.5, 0.6) is 0 Å². The lowest BCUT2D eigenvalue weighted by Gasteiger charge is -1.96. The number of rotatable bonds is 7. The van der Waals surface area contributed by atoms with E-state index in [1.165, 1.54) is 5.56 Å². The summed E-state index contributed by atoms with van der Waals surface area (Å²) >= 11 is 0. The van der Waals surface area contributed by atoms with Crippen LogP contribution in [-0.4, -0.2) is 6.29 Å². The first-order valence-electron chi connectivity index (χ1n) is 5.56. The highest BCUT2D eigenvalue weighted by molar-refractivity contribution is 5.48. The zero-order valence-corrected chi connectivity index (χ0v) is 9.06. The van der Waals surface area contributed by atoms with Crippen LogP contribution in [0.4, 0.5) is 0 Å². The molecule has 1 nitrogen and oxygen atoms in total. The van der Waals surface area contributed by atoms with Gasteiger partial charge in [-0.1, -0.05) is 42.5 Å². The summed E-state index contributed by atoms with van der Waals surface area (Å²) in [7, 11) is 0. The lowest BCUT2D eigenvalue weighted by molar-refractivity contribution is -0.107. The number of allylic oxidation sites excluding steroid dienone is 2. The number of carbonyl (C=O) groups excluding carboxylic acids is 1. The highest BCUT2D eigenvalue weighted by Crippen LogP contribution is 2.03. The van der Waals surface area contributed by atoms with Crippen molar-refractivity contribution in [1.82, 2.24) is 0 Å². The van der Waals surface area contributed by atoms with Crippen LogP contribution in [0, 0.1) is 0 Å². The third kappa shape index (κ3) is 5.84. The van der Waals surface area contributed by atoms with Gasteiger partial charge in [0.1, 0.15) is 6.29 Å². The van der Waals surface area contributed by atoms with Crippen molar-refractivity contribution in [2.75, 3.05) is 0 Å². The van der Waals surface area contributed by atoms with E-state index in [1.54, 1.807) is 0 Å². The van der Waals surface area contributed by atoms with E-state index in [2.05, 4.69) is 36.4 Å². The molecule has 0 amide bonds. The van der Waals surface area contributed by atoms with Gasteiger partial charge in [0.25, 0.3) is 0 Å². The van der Waals surface area contributed by atoms with Crippen molar-refractivity contribution >= 4 is 6.29 Å². The van der Waals surface area contributed by atoms with Crippen molar-refractivity contribution < 1.29 is 4.79 Å². The normalized spacial score (nSPS) is 10.7. The van der Waals surface area contributed by atoms with Crippen LogP contribution in [0.1, 0.15) is 31.2 Å². The van der Waals surface area contributed by atoms with Crippen LogP contribution < -0.4 is 0 Å². The molecule has 0 aliphatic rings. The second-order valence-electron chi connectivity index (χ2n) is 3.59. The molecule has 0 N–H and O–H groups in total. The minimum Gasteiger partial charge on any atom is -0.303 e. The van der Waals surface area contributed by atoms with Crippen LogP contribution in [0.25, 0.3) is 0 Å². The van der Waals surface area contributed by atoms with Gasteiger partial charge in [-0.05, 0) is 31.2 Å². The molecule has 1 aromatic rings. The third-order valence-electron chi connectivity index (χ3n) is 2.30. The Bertz CT molecular complexity index is 287. The fraction of sp³-hybridized carbons (Fsp3) is 0.357. The summed E-state index contributed by atoms with van der Waals surface area (Å²) in [4.78, 5) is 10.1. The predicted octanol–water partition coefficient (Wildman–Crippen LogP) is 3.54. The summed E-state index contributed by atoms with van der Waals surface area (Å²) in [6.07, 6.45) is 10.2. The molecule has 0 saturated heterocycles. The summed E-state index contributed by atoms with van der Waals surface area (Å²) in [6.45, 7) is 0. The molecule has 0 heterocycles. The first-order valence-corrected chi connectivity index (χ1v) is 5.56. The van der Waals surface area contributed by atoms with Gasteiger partial charge in [-0.25, -0.2) is 0 Å². The topological polar surface area (TPSA) is 17.1 Å². The van der Waals surface area contributed by atoms with E-state index in [-0.39, 0.29) is 0 Å².